The molecule has 0 bridgehead atoms. The minimum absolute atomic E-state index is 0.353. The van der Waals surface area contributed by atoms with Crippen LogP contribution in [-0.4, -0.2) is 11.1 Å². The zero-order valence-electron chi connectivity index (χ0n) is 8.23. The van der Waals surface area contributed by atoms with Crippen LogP contribution in [0.5, 0.6) is 0 Å². The lowest BCUT2D eigenvalue weighted by molar-refractivity contribution is -0.605. The van der Waals surface area contributed by atoms with Crippen LogP contribution in [0.25, 0.3) is 0 Å². The topological polar surface area (TPSA) is 64.2 Å². The third-order valence-corrected chi connectivity index (χ3v) is 2.06. The quantitative estimate of drug-likeness (QED) is 0.577. The summed E-state index contributed by atoms with van der Waals surface area (Å²) in [5, 5.41) is 19.8. The molecule has 0 saturated heterocycles. The molecular weight excluding hydrogens is 182 g/mol. The average molecular weight is 195 g/mol. The Hall–Kier alpha value is -1.58. The number of carboxylic acid groups (broad SMARTS) is 1. The normalized spacial score (nSPS) is 11.3. The first-order valence-electron chi connectivity index (χ1n) is 4.33. The first-order chi connectivity index (χ1) is 6.42. The van der Waals surface area contributed by atoms with E-state index in [-0.39, 0.29) is 0 Å². The molecule has 76 valence electrons. The highest BCUT2D eigenvalue weighted by molar-refractivity contribution is 5.73. The van der Waals surface area contributed by atoms with Gasteiger partial charge in [-0.3, -0.25) is 4.79 Å². The molecule has 0 saturated carbocycles. The second kappa shape index (κ2) is 3.65. The van der Waals surface area contributed by atoms with Gasteiger partial charge in [-0.25, -0.2) is 0 Å². The van der Waals surface area contributed by atoms with E-state index in [0.717, 1.165) is 5.56 Å². The number of nitrogens with zero attached hydrogens (tertiary/aromatic N) is 1. The summed E-state index contributed by atoms with van der Waals surface area (Å²) in [4.78, 5) is 10.8. The molecule has 4 heteroatoms. The molecule has 0 aliphatic rings. The Bertz CT molecular complexity index is 347. The van der Waals surface area contributed by atoms with Crippen LogP contribution in [0.2, 0.25) is 0 Å². The number of aromatic nitrogens is 1. The molecule has 0 aliphatic heterocycles. The minimum atomic E-state index is -0.862. The standard InChI is InChI=1S/C10H13NO3/c1-10(2,9(12)13)6-8-4-3-5-11(14)7-8/h3-5,7H,6H2,1-2H3,(H,12,13). The van der Waals surface area contributed by atoms with Crippen LogP contribution < -0.4 is 4.73 Å². The monoisotopic (exact) mass is 195 g/mol. The van der Waals surface area contributed by atoms with E-state index >= 15 is 0 Å². The van der Waals surface area contributed by atoms with Gasteiger partial charge >= 0.3 is 5.97 Å². The third-order valence-electron chi connectivity index (χ3n) is 2.06. The first kappa shape index (κ1) is 10.5. The predicted molar refractivity (Wildman–Crippen MR) is 50.5 cm³/mol. The lowest BCUT2D eigenvalue weighted by Crippen LogP contribution is -2.29. The Labute approximate surface area is 82.4 Å². The summed E-state index contributed by atoms with van der Waals surface area (Å²) in [5.41, 5.74) is -0.108. The summed E-state index contributed by atoms with van der Waals surface area (Å²) in [6.45, 7) is 3.27. The van der Waals surface area contributed by atoms with Gasteiger partial charge in [0.15, 0.2) is 12.4 Å². The molecule has 0 radical (unpaired) electrons. The zero-order chi connectivity index (χ0) is 10.8. The fourth-order valence-corrected chi connectivity index (χ4v) is 1.19. The van der Waals surface area contributed by atoms with Crippen molar-refractivity contribution in [2.45, 2.75) is 20.3 Å². The van der Waals surface area contributed by atoms with E-state index in [4.69, 9.17) is 5.11 Å². The lowest BCUT2D eigenvalue weighted by atomic mass is 9.86. The van der Waals surface area contributed by atoms with E-state index in [9.17, 15) is 10.0 Å². The number of rotatable bonds is 3. The highest BCUT2D eigenvalue weighted by atomic mass is 16.5. The highest BCUT2D eigenvalue weighted by Crippen LogP contribution is 2.20. The SMILES string of the molecule is CC(C)(Cc1ccc[n+]([O-])c1)C(=O)O. The molecule has 0 atom stereocenters. The second-order valence-electron chi connectivity index (χ2n) is 3.94. The van der Waals surface area contributed by atoms with Crippen molar-refractivity contribution in [2.75, 3.05) is 0 Å². The molecule has 0 amide bonds. The van der Waals surface area contributed by atoms with Crippen LogP contribution in [-0.2, 0) is 11.2 Å². The van der Waals surface area contributed by atoms with Crippen LogP contribution in [0, 0.1) is 10.6 Å². The van der Waals surface area contributed by atoms with Gasteiger partial charge < -0.3 is 10.3 Å². The number of carboxylic acids is 1. The zero-order valence-corrected chi connectivity index (χ0v) is 8.23. The number of carbonyl (C=O) groups is 1. The molecule has 14 heavy (non-hydrogen) atoms. The molecule has 1 heterocycles. The molecule has 1 aromatic rings. The fraction of sp³-hybridized carbons (Fsp3) is 0.400. The van der Waals surface area contributed by atoms with Crippen molar-refractivity contribution in [3.8, 4) is 0 Å². The van der Waals surface area contributed by atoms with E-state index in [1.165, 1.54) is 12.4 Å². The van der Waals surface area contributed by atoms with E-state index < -0.39 is 11.4 Å². The maximum absolute atomic E-state index is 10.9. The van der Waals surface area contributed by atoms with Crippen molar-refractivity contribution in [1.29, 1.82) is 0 Å². The van der Waals surface area contributed by atoms with Gasteiger partial charge in [0.25, 0.3) is 0 Å². The number of pyridine rings is 1. The molecule has 4 nitrogen and oxygen atoms in total. The van der Waals surface area contributed by atoms with Crippen LogP contribution in [0.15, 0.2) is 24.5 Å². The second-order valence-corrected chi connectivity index (χ2v) is 3.94. The minimum Gasteiger partial charge on any atom is -0.619 e. The summed E-state index contributed by atoms with van der Waals surface area (Å²) >= 11 is 0. The van der Waals surface area contributed by atoms with Crippen LogP contribution in [0.4, 0.5) is 0 Å². The number of hydrogen-bond acceptors (Lipinski definition) is 2. The summed E-state index contributed by atoms with van der Waals surface area (Å²) in [5.74, 6) is -0.862. The maximum atomic E-state index is 10.9. The third kappa shape index (κ3) is 2.45. The van der Waals surface area contributed by atoms with E-state index in [0.29, 0.717) is 11.2 Å². The summed E-state index contributed by atoms with van der Waals surface area (Å²) < 4.78 is 0.674. The molecule has 1 aromatic heterocycles. The Kier molecular flexibility index (Phi) is 2.74. The summed E-state index contributed by atoms with van der Waals surface area (Å²) in [7, 11) is 0. The van der Waals surface area contributed by atoms with E-state index in [1.807, 2.05) is 0 Å². The molecule has 0 spiro atoms. The van der Waals surface area contributed by atoms with Crippen LogP contribution in [0.3, 0.4) is 0 Å². The van der Waals surface area contributed by atoms with E-state index in [2.05, 4.69) is 0 Å². The average Bonchev–Trinajstić information content (AvgIpc) is 2.02. The number of hydrogen-bond donors (Lipinski definition) is 1. The molecule has 1 N–H and O–H groups in total. The lowest BCUT2D eigenvalue weighted by Gasteiger charge is -2.17. The Morgan fingerprint density at radius 1 is 1.64 bits per heavy atom. The van der Waals surface area contributed by atoms with Gasteiger partial charge in [0.05, 0.1) is 5.41 Å². The Balaban J connectivity index is 2.83. The molecular formula is C10H13NO3. The molecule has 0 fully saturated rings. The molecule has 0 aliphatic carbocycles. The van der Waals surface area contributed by atoms with Crippen LogP contribution in [0.1, 0.15) is 19.4 Å². The van der Waals surface area contributed by atoms with Gasteiger partial charge in [0.1, 0.15) is 0 Å². The van der Waals surface area contributed by atoms with Crippen molar-refractivity contribution in [3.63, 3.8) is 0 Å². The molecule has 0 unspecified atom stereocenters. The van der Waals surface area contributed by atoms with Crippen molar-refractivity contribution in [2.24, 2.45) is 5.41 Å². The Morgan fingerprint density at radius 2 is 2.29 bits per heavy atom. The van der Waals surface area contributed by atoms with Gasteiger partial charge in [-0.2, -0.15) is 4.73 Å². The molecule has 0 aromatic carbocycles. The highest BCUT2D eigenvalue weighted by Gasteiger charge is 2.27. The summed E-state index contributed by atoms with van der Waals surface area (Å²) in [6.07, 6.45) is 3.12. The van der Waals surface area contributed by atoms with Crippen LogP contribution >= 0.6 is 0 Å². The first-order valence-corrected chi connectivity index (χ1v) is 4.33. The number of aliphatic carboxylic acids is 1. The summed E-state index contributed by atoms with van der Waals surface area (Å²) in [6, 6.07) is 3.36. The predicted octanol–water partition coefficient (Wildman–Crippen LogP) is 0.973. The van der Waals surface area contributed by atoms with Gasteiger partial charge in [-0.05, 0) is 26.3 Å². The largest absolute Gasteiger partial charge is 0.619 e. The van der Waals surface area contributed by atoms with Crippen molar-refractivity contribution in [1.82, 2.24) is 0 Å². The van der Waals surface area contributed by atoms with E-state index in [1.54, 1.807) is 26.0 Å². The van der Waals surface area contributed by atoms with Gasteiger partial charge in [0, 0.05) is 11.6 Å². The molecule has 1 rings (SSSR count). The van der Waals surface area contributed by atoms with Crippen molar-refractivity contribution in [3.05, 3.63) is 35.3 Å². The van der Waals surface area contributed by atoms with Gasteiger partial charge in [-0.15, -0.1) is 0 Å². The fourth-order valence-electron chi connectivity index (χ4n) is 1.19. The smallest absolute Gasteiger partial charge is 0.309 e. The van der Waals surface area contributed by atoms with Crippen molar-refractivity contribution < 1.29 is 14.6 Å². The maximum Gasteiger partial charge on any atom is 0.309 e. The Morgan fingerprint density at radius 3 is 2.79 bits per heavy atom. The van der Waals surface area contributed by atoms with Gasteiger partial charge in [-0.1, -0.05) is 0 Å². The van der Waals surface area contributed by atoms with Gasteiger partial charge in [0.2, 0.25) is 0 Å². The van der Waals surface area contributed by atoms with Crippen molar-refractivity contribution >= 4 is 5.97 Å².